The average Bonchev–Trinajstić information content (AvgIpc) is 2.44. The van der Waals surface area contributed by atoms with Crippen LogP contribution in [0.15, 0.2) is 30.3 Å². The van der Waals surface area contributed by atoms with Gasteiger partial charge in [-0.05, 0) is 30.6 Å². The third kappa shape index (κ3) is 4.88. The minimum atomic E-state index is -0.327. The predicted octanol–water partition coefficient (Wildman–Crippen LogP) is 1.95. The fourth-order valence-electron chi connectivity index (χ4n) is 2.27. The first kappa shape index (κ1) is 14.4. The Bertz CT molecular complexity index is 396. The highest BCUT2D eigenvalue weighted by atomic mass is 32.2. The summed E-state index contributed by atoms with van der Waals surface area (Å²) in [5.74, 6) is 1.66. The fraction of sp³-hybridized carbons (Fsp3) is 0.533. The Hall–Kier alpha value is -1.00. The number of carbonyl (C=O) groups excluding carboxylic acids is 1. The summed E-state index contributed by atoms with van der Waals surface area (Å²) < 4.78 is 0. The Morgan fingerprint density at radius 2 is 2.16 bits per heavy atom. The van der Waals surface area contributed by atoms with Crippen LogP contribution in [-0.4, -0.2) is 46.6 Å². The number of benzene rings is 1. The number of aliphatic hydroxyl groups is 1. The van der Waals surface area contributed by atoms with Crippen molar-refractivity contribution >= 4 is 17.7 Å². The molecule has 1 saturated heterocycles. The van der Waals surface area contributed by atoms with E-state index in [1.165, 1.54) is 5.56 Å². The third-order valence-electron chi connectivity index (χ3n) is 3.35. The van der Waals surface area contributed by atoms with Crippen LogP contribution in [0, 0.1) is 0 Å². The number of nitrogens with zero attached hydrogens (tertiary/aromatic N) is 1. The monoisotopic (exact) mass is 279 g/mol. The van der Waals surface area contributed by atoms with E-state index in [-0.39, 0.29) is 12.0 Å². The molecule has 1 aliphatic rings. The molecule has 1 N–H and O–H groups in total. The number of β-amino-alcohol motifs (C(OH)–C–C–N with tert-alkyl or cyclic N) is 1. The van der Waals surface area contributed by atoms with Gasteiger partial charge in [-0.25, -0.2) is 0 Å². The number of aryl methyl sites for hydroxylation is 1. The van der Waals surface area contributed by atoms with Gasteiger partial charge in [0.25, 0.3) is 0 Å². The van der Waals surface area contributed by atoms with Gasteiger partial charge in [-0.1, -0.05) is 30.3 Å². The predicted molar refractivity (Wildman–Crippen MR) is 79.3 cm³/mol. The normalized spacial score (nSPS) is 19.4. The largest absolute Gasteiger partial charge is 0.391 e. The number of carbonyl (C=O) groups is 1. The molecular weight excluding hydrogens is 258 g/mol. The van der Waals surface area contributed by atoms with Crippen LogP contribution in [0.25, 0.3) is 0 Å². The SMILES string of the molecule is O=C(CSCCc1ccccc1)N1CCCC(O)C1. The van der Waals surface area contributed by atoms with Crippen molar-refractivity contribution in [3.05, 3.63) is 35.9 Å². The second-order valence-corrected chi connectivity index (χ2v) is 6.03. The van der Waals surface area contributed by atoms with Gasteiger partial charge in [0, 0.05) is 13.1 Å². The van der Waals surface area contributed by atoms with Gasteiger partial charge in [0.05, 0.1) is 11.9 Å². The highest BCUT2D eigenvalue weighted by molar-refractivity contribution is 7.99. The first-order valence-electron chi connectivity index (χ1n) is 6.83. The van der Waals surface area contributed by atoms with Crippen LogP contribution >= 0.6 is 11.8 Å². The minimum absolute atomic E-state index is 0.164. The van der Waals surface area contributed by atoms with Crippen LogP contribution in [0.5, 0.6) is 0 Å². The zero-order valence-electron chi connectivity index (χ0n) is 11.1. The van der Waals surface area contributed by atoms with E-state index >= 15 is 0 Å². The lowest BCUT2D eigenvalue weighted by molar-refractivity contribution is -0.131. The summed E-state index contributed by atoms with van der Waals surface area (Å²) in [7, 11) is 0. The summed E-state index contributed by atoms with van der Waals surface area (Å²) in [5, 5.41) is 9.55. The highest BCUT2D eigenvalue weighted by Crippen LogP contribution is 2.13. The molecule has 0 radical (unpaired) electrons. The fourth-order valence-corrected chi connectivity index (χ4v) is 3.15. The summed E-state index contributed by atoms with van der Waals surface area (Å²) in [6.07, 6.45) is 2.42. The molecule has 4 heteroatoms. The van der Waals surface area contributed by atoms with Crippen LogP contribution in [0.3, 0.4) is 0 Å². The van der Waals surface area contributed by atoms with E-state index in [1.54, 1.807) is 16.7 Å². The van der Waals surface area contributed by atoms with Gasteiger partial charge >= 0.3 is 0 Å². The van der Waals surface area contributed by atoms with Gasteiger partial charge in [0.15, 0.2) is 0 Å². The van der Waals surface area contributed by atoms with E-state index in [2.05, 4.69) is 12.1 Å². The Kier molecular flexibility index (Phi) is 5.73. The van der Waals surface area contributed by atoms with Gasteiger partial charge in [-0.3, -0.25) is 4.79 Å². The zero-order chi connectivity index (χ0) is 13.5. The molecule has 1 fully saturated rings. The van der Waals surface area contributed by atoms with Crippen LogP contribution in [0.2, 0.25) is 0 Å². The molecular formula is C15H21NO2S. The van der Waals surface area contributed by atoms with E-state index in [0.29, 0.717) is 12.3 Å². The van der Waals surface area contributed by atoms with E-state index in [9.17, 15) is 9.90 Å². The smallest absolute Gasteiger partial charge is 0.232 e. The van der Waals surface area contributed by atoms with E-state index < -0.39 is 0 Å². The third-order valence-corrected chi connectivity index (χ3v) is 4.30. The quantitative estimate of drug-likeness (QED) is 0.838. The number of hydrogen-bond donors (Lipinski definition) is 1. The Labute approximate surface area is 119 Å². The molecule has 3 nitrogen and oxygen atoms in total. The number of hydrogen-bond acceptors (Lipinski definition) is 3. The summed E-state index contributed by atoms with van der Waals surface area (Å²) in [6.45, 7) is 1.31. The number of piperidine rings is 1. The van der Waals surface area contributed by atoms with Crippen molar-refractivity contribution in [2.75, 3.05) is 24.6 Å². The molecule has 1 heterocycles. The lowest BCUT2D eigenvalue weighted by Gasteiger charge is -2.30. The van der Waals surface area contributed by atoms with E-state index in [0.717, 1.165) is 31.6 Å². The van der Waals surface area contributed by atoms with Crippen molar-refractivity contribution in [3.63, 3.8) is 0 Å². The van der Waals surface area contributed by atoms with Gasteiger partial charge in [0.2, 0.25) is 5.91 Å². The molecule has 2 rings (SSSR count). The minimum Gasteiger partial charge on any atom is -0.391 e. The van der Waals surface area contributed by atoms with Crippen LogP contribution in [-0.2, 0) is 11.2 Å². The maximum absolute atomic E-state index is 11.9. The molecule has 1 unspecified atom stereocenters. The van der Waals surface area contributed by atoms with E-state index in [1.807, 2.05) is 18.2 Å². The zero-order valence-corrected chi connectivity index (χ0v) is 11.9. The standard InChI is InChI=1S/C15H21NO2S/c17-14-7-4-9-16(11-14)15(18)12-19-10-8-13-5-2-1-3-6-13/h1-3,5-6,14,17H,4,7-12H2. The molecule has 19 heavy (non-hydrogen) atoms. The van der Waals surface area contributed by atoms with Crippen molar-refractivity contribution in [3.8, 4) is 0 Å². The Balaban J connectivity index is 1.64. The Morgan fingerprint density at radius 3 is 2.89 bits per heavy atom. The summed E-state index contributed by atoms with van der Waals surface area (Å²) in [6, 6.07) is 10.3. The van der Waals surface area contributed by atoms with Gasteiger partial charge in [-0.15, -0.1) is 0 Å². The van der Waals surface area contributed by atoms with Crippen molar-refractivity contribution < 1.29 is 9.90 Å². The van der Waals surface area contributed by atoms with Gasteiger partial charge < -0.3 is 10.0 Å². The van der Waals surface area contributed by atoms with Crippen molar-refractivity contribution in [2.24, 2.45) is 0 Å². The lowest BCUT2D eigenvalue weighted by Crippen LogP contribution is -2.43. The number of amides is 1. The van der Waals surface area contributed by atoms with Gasteiger partial charge in [-0.2, -0.15) is 11.8 Å². The average molecular weight is 279 g/mol. The molecule has 0 aliphatic carbocycles. The number of likely N-dealkylation sites (tertiary alicyclic amines) is 1. The summed E-state index contributed by atoms with van der Waals surface area (Å²) >= 11 is 1.68. The number of thioether (sulfide) groups is 1. The molecule has 1 aromatic rings. The molecule has 1 aliphatic heterocycles. The number of aliphatic hydroxyl groups excluding tert-OH is 1. The molecule has 0 spiro atoms. The summed E-state index contributed by atoms with van der Waals surface area (Å²) in [4.78, 5) is 13.7. The first-order valence-corrected chi connectivity index (χ1v) is 7.98. The van der Waals surface area contributed by atoms with Crippen LogP contribution < -0.4 is 0 Å². The highest BCUT2D eigenvalue weighted by Gasteiger charge is 2.21. The molecule has 1 amide bonds. The topological polar surface area (TPSA) is 40.5 Å². The second kappa shape index (κ2) is 7.56. The lowest BCUT2D eigenvalue weighted by atomic mass is 10.1. The van der Waals surface area contributed by atoms with Crippen molar-refractivity contribution in [1.29, 1.82) is 0 Å². The molecule has 0 saturated carbocycles. The summed E-state index contributed by atoms with van der Waals surface area (Å²) in [5.41, 5.74) is 1.32. The van der Waals surface area contributed by atoms with Crippen molar-refractivity contribution in [1.82, 2.24) is 4.90 Å². The van der Waals surface area contributed by atoms with Crippen molar-refractivity contribution in [2.45, 2.75) is 25.4 Å². The molecule has 1 atom stereocenters. The molecule has 0 bridgehead atoms. The first-order chi connectivity index (χ1) is 9.25. The molecule has 1 aromatic carbocycles. The van der Waals surface area contributed by atoms with Gasteiger partial charge in [0.1, 0.15) is 0 Å². The molecule has 0 aromatic heterocycles. The maximum atomic E-state index is 11.9. The second-order valence-electron chi connectivity index (χ2n) is 4.92. The van der Waals surface area contributed by atoms with E-state index in [4.69, 9.17) is 0 Å². The Morgan fingerprint density at radius 1 is 1.37 bits per heavy atom. The van der Waals surface area contributed by atoms with Crippen LogP contribution in [0.1, 0.15) is 18.4 Å². The maximum Gasteiger partial charge on any atom is 0.232 e. The van der Waals surface area contributed by atoms with Crippen LogP contribution in [0.4, 0.5) is 0 Å². The molecule has 104 valence electrons. The number of rotatable bonds is 5.